The minimum atomic E-state index is -0.634. The second-order valence-electron chi connectivity index (χ2n) is 5.56. The van der Waals surface area contributed by atoms with Gasteiger partial charge in [0.25, 0.3) is 5.91 Å². The fourth-order valence-corrected chi connectivity index (χ4v) is 2.56. The molecule has 26 heavy (non-hydrogen) atoms. The van der Waals surface area contributed by atoms with Gasteiger partial charge in [-0.1, -0.05) is 23.4 Å². The van der Waals surface area contributed by atoms with Crippen molar-refractivity contribution in [2.24, 2.45) is 5.73 Å². The third-order valence-electron chi connectivity index (χ3n) is 3.81. The summed E-state index contributed by atoms with van der Waals surface area (Å²) in [6.45, 7) is 1.94. The molecule has 8 nitrogen and oxygen atoms in total. The van der Waals surface area contributed by atoms with Gasteiger partial charge >= 0.3 is 0 Å². The van der Waals surface area contributed by atoms with Crippen LogP contribution in [0.25, 0.3) is 0 Å². The Morgan fingerprint density at radius 3 is 2.85 bits per heavy atom. The van der Waals surface area contributed by atoms with Crippen LogP contribution in [0.4, 0.5) is 0 Å². The van der Waals surface area contributed by atoms with Gasteiger partial charge in [0.05, 0.1) is 12.8 Å². The van der Waals surface area contributed by atoms with Crippen LogP contribution in [0.1, 0.15) is 39.4 Å². The second-order valence-corrected chi connectivity index (χ2v) is 5.56. The number of ether oxygens (including phenoxy) is 1. The minimum absolute atomic E-state index is 0.251. The van der Waals surface area contributed by atoms with Gasteiger partial charge in [-0.2, -0.15) is 4.98 Å². The van der Waals surface area contributed by atoms with Crippen molar-refractivity contribution in [3.05, 3.63) is 71.1 Å². The molecule has 0 radical (unpaired) electrons. The number of carbonyl (C=O) groups excluding carboxylic acids is 1. The Labute approximate surface area is 150 Å². The zero-order chi connectivity index (χ0) is 18.5. The van der Waals surface area contributed by atoms with Crippen LogP contribution in [0.2, 0.25) is 0 Å². The number of benzene rings is 1. The first-order chi connectivity index (χ1) is 12.6. The first kappa shape index (κ1) is 17.6. The topological polar surface area (TPSA) is 116 Å². The predicted molar refractivity (Wildman–Crippen MR) is 93.5 cm³/mol. The Kier molecular flexibility index (Phi) is 5.23. The van der Waals surface area contributed by atoms with Crippen molar-refractivity contribution in [1.82, 2.24) is 20.4 Å². The molecule has 3 N–H and O–H groups in total. The number of hydrogen-bond donors (Lipinski definition) is 2. The predicted octanol–water partition coefficient (Wildman–Crippen LogP) is 1.76. The van der Waals surface area contributed by atoms with Crippen LogP contribution in [0.3, 0.4) is 0 Å². The van der Waals surface area contributed by atoms with E-state index in [1.165, 1.54) is 0 Å². The SMILES string of the molecule is COc1ccccc1C(NC(=O)c1ccnc(CN)c1)c1noc(C)n1. The molecule has 1 amide bonds. The van der Waals surface area contributed by atoms with Crippen LogP contribution in [0.5, 0.6) is 5.75 Å². The Balaban J connectivity index is 1.97. The number of carbonyl (C=O) groups is 1. The highest BCUT2D eigenvalue weighted by Gasteiger charge is 2.25. The lowest BCUT2D eigenvalue weighted by atomic mass is 10.0. The molecule has 0 saturated heterocycles. The van der Waals surface area contributed by atoms with Crippen LogP contribution in [-0.4, -0.2) is 28.1 Å². The zero-order valence-corrected chi connectivity index (χ0v) is 14.5. The lowest BCUT2D eigenvalue weighted by Crippen LogP contribution is -2.30. The summed E-state index contributed by atoms with van der Waals surface area (Å²) in [6.07, 6.45) is 1.55. The number of rotatable bonds is 6. The van der Waals surface area contributed by atoms with E-state index in [0.717, 1.165) is 5.56 Å². The largest absolute Gasteiger partial charge is 0.496 e. The van der Waals surface area contributed by atoms with Gasteiger partial charge in [-0.05, 0) is 18.2 Å². The van der Waals surface area contributed by atoms with E-state index >= 15 is 0 Å². The summed E-state index contributed by atoms with van der Waals surface area (Å²) in [5.41, 5.74) is 7.39. The first-order valence-corrected chi connectivity index (χ1v) is 8.01. The number of nitrogens with two attached hydrogens (primary N) is 1. The molecule has 0 aliphatic carbocycles. The monoisotopic (exact) mass is 353 g/mol. The van der Waals surface area contributed by atoms with E-state index in [9.17, 15) is 4.79 Å². The standard InChI is InChI=1S/C18H19N5O3/c1-11-21-17(23-26-11)16(14-5-3-4-6-15(14)25-2)22-18(24)12-7-8-20-13(9-12)10-19/h3-9,16H,10,19H2,1-2H3,(H,22,24). The summed E-state index contributed by atoms with van der Waals surface area (Å²) >= 11 is 0. The number of para-hydroxylation sites is 1. The molecule has 1 atom stereocenters. The zero-order valence-electron chi connectivity index (χ0n) is 14.5. The maximum atomic E-state index is 12.8. The average Bonchev–Trinajstić information content (AvgIpc) is 3.12. The van der Waals surface area contributed by atoms with Crippen molar-refractivity contribution in [1.29, 1.82) is 0 Å². The molecular weight excluding hydrogens is 334 g/mol. The molecule has 0 bridgehead atoms. The van der Waals surface area contributed by atoms with Crippen molar-refractivity contribution >= 4 is 5.91 Å². The van der Waals surface area contributed by atoms with Crippen LogP contribution in [0, 0.1) is 6.92 Å². The van der Waals surface area contributed by atoms with Crippen molar-refractivity contribution in [2.75, 3.05) is 7.11 Å². The molecule has 1 unspecified atom stereocenters. The number of nitrogens with one attached hydrogen (secondary N) is 1. The van der Waals surface area contributed by atoms with E-state index in [1.807, 2.05) is 18.2 Å². The van der Waals surface area contributed by atoms with Gasteiger partial charge < -0.3 is 20.3 Å². The van der Waals surface area contributed by atoms with Gasteiger partial charge in [0, 0.05) is 30.8 Å². The van der Waals surface area contributed by atoms with Crippen molar-refractivity contribution in [3.63, 3.8) is 0 Å². The van der Waals surface area contributed by atoms with E-state index in [-0.39, 0.29) is 12.5 Å². The molecule has 0 fully saturated rings. The van der Waals surface area contributed by atoms with E-state index in [4.69, 9.17) is 15.0 Å². The normalized spacial score (nSPS) is 11.8. The summed E-state index contributed by atoms with van der Waals surface area (Å²) in [5.74, 6) is 1.05. The summed E-state index contributed by atoms with van der Waals surface area (Å²) in [6, 6.07) is 9.98. The number of aryl methyl sites for hydroxylation is 1. The molecular formula is C18H19N5O3. The molecule has 134 valence electrons. The van der Waals surface area contributed by atoms with Crippen LogP contribution >= 0.6 is 0 Å². The molecule has 3 rings (SSSR count). The quantitative estimate of drug-likeness (QED) is 0.693. The van der Waals surface area contributed by atoms with E-state index in [1.54, 1.807) is 38.4 Å². The van der Waals surface area contributed by atoms with Gasteiger partial charge in [-0.25, -0.2) is 0 Å². The van der Waals surface area contributed by atoms with Gasteiger partial charge in [-0.15, -0.1) is 0 Å². The highest BCUT2D eigenvalue weighted by atomic mass is 16.5. The third-order valence-corrected chi connectivity index (χ3v) is 3.81. The van der Waals surface area contributed by atoms with Gasteiger partial charge in [0.15, 0.2) is 5.82 Å². The number of amides is 1. The lowest BCUT2D eigenvalue weighted by molar-refractivity contribution is 0.0940. The van der Waals surface area contributed by atoms with Gasteiger partial charge in [-0.3, -0.25) is 9.78 Å². The molecule has 3 aromatic rings. The molecule has 8 heteroatoms. The molecule has 0 aliphatic rings. The number of aromatic nitrogens is 3. The highest BCUT2D eigenvalue weighted by molar-refractivity contribution is 5.94. The molecule has 0 spiro atoms. The number of pyridine rings is 1. The molecule has 2 heterocycles. The van der Waals surface area contributed by atoms with Gasteiger partial charge in [0.1, 0.15) is 11.8 Å². The second kappa shape index (κ2) is 7.75. The van der Waals surface area contributed by atoms with Gasteiger partial charge in [0.2, 0.25) is 5.89 Å². The Morgan fingerprint density at radius 2 is 2.15 bits per heavy atom. The number of methoxy groups -OCH3 is 1. The summed E-state index contributed by atoms with van der Waals surface area (Å²) in [4.78, 5) is 21.1. The van der Waals surface area contributed by atoms with Crippen LogP contribution in [-0.2, 0) is 6.54 Å². The third kappa shape index (κ3) is 3.70. The van der Waals surface area contributed by atoms with Crippen molar-refractivity contribution in [2.45, 2.75) is 19.5 Å². The number of hydrogen-bond acceptors (Lipinski definition) is 7. The fraction of sp³-hybridized carbons (Fsp3) is 0.222. The first-order valence-electron chi connectivity index (χ1n) is 8.01. The molecule has 1 aromatic carbocycles. The van der Waals surface area contributed by atoms with Crippen LogP contribution in [0.15, 0.2) is 47.1 Å². The Bertz CT molecular complexity index is 909. The lowest BCUT2D eigenvalue weighted by Gasteiger charge is -2.18. The Morgan fingerprint density at radius 1 is 1.35 bits per heavy atom. The average molecular weight is 353 g/mol. The molecule has 2 aromatic heterocycles. The van der Waals surface area contributed by atoms with Crippen molar-refractivity contribution < 1.29 is 14.1 Å². The Hall–Kier alpha value is -3.26. The fourth-order valence-electron chi connectivity index (χ4n) is 2.56. The van der Waals surface area contributed by atoms with Crippen LogP contribution < -0.4 is 15.8 Å². The van der Waals surface area contributed by atoms with Crippen molar-refractivity contribution in [3.8, 4) is 5.75 Å². The summed E-state index contributed by atoms with van der Waals surface area (Å²) < 4.78 is 10.5. The maximum Gasteiger partial charge on any atom is 0.252 e. The minimum Gasteiger partial charge on any atom is -0.496 e. The molecule has 0 aliphatic heterocycles. The highest BCUT2D eigenvalue weighted by Crippen LogP contribution is 2.28. The number of nitrogens with zero attached hydrogens (tertiary/aromatic N) is 3. The van der Waals surface area contributed by atoms with E-state index in [2.05, 4.69) is 20.4 Å². The maximum absolute atomic E-state index is 12.8. The smallest absolute Gasteiger partial charge is 0.252 e. The van der Waals surface area contributed by atoms with E-state index < -0.39 is 6.04 Å². The van der Waals surface area contributed by atoms with E-state index in [0.29, 0.717) is 28.7 Å². The molecule has 0 saturated carbocycles. The summed E-state index contributed by atoms with van der Waals surface area (Å²) in [7, 11) is 1.57. The summed E-state index contributed by atoms with van der Waals surface area (Å²) in [5, 5.41) is 6.89.